The second-order valence-corrected chi connectivity index (χ2v) is 4.36. The van der Waals surface area contributed by atoms with Crippen LogP contribution in [-0.4, -0.2) is 26.9 Å². The number of nitrogens with one attached hydrogen (secondary N) is 1. The molecule has 0 atom stereocenters. The van der Waals surface area contributed by atoms with Crippen LogP contribution in [0.15, 0.2) is 47.6 Å². The third kappa shape index (κ3) is 3.30. The van der Waals surface area contributed by atoms with Gasteiger partial charge >= 0.3 is 0 Å². The van der Waals surface area contributed by atoms with Gasteiger partial charge in [0.25, 0.3) is 5.91 Å². The molecular weight excluding hydrogens is 272 g/mol. The summed E-state index contributed by atoms with van der Waals surface area (Å²) in [5.41, 5.74) is 3.13. The lowest BCUT2D eigenvalue weighted by Crippen LogP contribution is -2.19. The number of carbonyl (C=O) groups is 1. The lowest BCUT2D eigenvalue weighted by molar-refractivity contribution is 0.0952. The second-order valence-electron chi connectivity index (χ2n) is 4.36. The molecule has 0 heterocycles. The summed E-state index contributed by atoms with van der Waals surface area (Å²) in [4.78, 5) is 11.9. The minimum absolute atomic E-state index is 0.0673. The summed E-state index contributed by atoms with van der Waals surface area (Å²) >= 11 is 0. The van der Waals surface area contributed by atoms with Crippen molar-refractivity contribution in [3.8, 4) is 17.2 Å². The predicted molar refractivity (Wildman–Crippen MR) is 77.6 cm³/mol. The van der Waals surface area contributed by atoms with E-state index in [4.69, 9.17) is 0 Å². The molecule has 0 aliphatic heterocycles. The van der Waals surface area contributed by atoms with Gasteiger partial charge < -0.3 is 15.3 Å². The number of phenolic OH excluding ortho intramolecular Hbond substituents is 3. The molecule has 0 aliphatic carbocycles. The van der Waals surface area contributed by atoms with E-state index in [0.29, 0.717) is 11.3 Å². The lowest BCUT2D eigenvalue weighted by Gasteiger charge is -2.06. The van der Waals surface area contributed by atoms with E-state index in [-0.39, 0.29) is 22.8 Å². The summed E-state index contributed by atoms with van der Waals surface area (Å²) in [6.07, 6.45) is 0. The smallest absolute Gasteiger partial charge is 0.275 e. The molecule has 2 aromatic rings. The van der Waals surface area contributed by atoms with Gasteiger partial charge in [0.2, 0.25) is 0 Å². The molecule has 6 nitrogen and oxygen atoms in total. The van der Waals surface area contributed by atoms with Gasteiger partial charge in [-0.05, 0) is 31.2 Å². The van der Waals surface area contributed by atoms with Crippen molar-refractivity contribution in [2.45, 2.75) is 6.92 Å². The zero-order valence-corrected chi connectivity index (χ0v) is 11.2. The summed E-state index contributed by atoms with van der Waals surface area (Å²) in [6, 6.07) is 10.2. The van der Waals surface area contributed by atoms with E-state index >= 15 is 0 Å². The number of para-hydroxylation sites is 1. The normalized spacial score (nSPS) is 11.2. The molecule has 0 saturated carbocycles. The number of aromatic hydroxyl groups is 3. The molecule has 6 heteroatoms. The van der Waals surface area contributed by atoms with E-state index in [1.54, 1.807) is 19.1 Å². The van der Waals surface area contributed by atoms with Gasteiger partial charge in [-0.2, -0.15) is 5.10 Å². The van der Waals surface area contributed by atoms with Crippen LogP contribution in [0.1, 0.15) is 22.8 Å². The van der Waals surface area contributed by atoms with E-state index < -0.39 is 5.91 Å². The lowest BCUT2D eigenvalue weighted by atomic mass is 10.1. The van der Waals surface area contributed by atoms with Crippen LogP contribution in [0.2, 0.25) is 0 Å². The maximum Gasteiger partial charge on any atom is 0.275 e. The fourth-order valence-electron chi connectivity index (χ4n) is 1.75. The molecule has 108 valence electrons. The van der Waals surface area contributed by atoms with Crippen LogP contribution in [0.3, 0.4) is 0 Å². The Morgan fingerprint density at radius 1 is 1.00 bits per heavy atom. The van der Waals surface area contributed by atoms with Crippen LogP contribution in [0, 0.1) is 0 Å². The molecule has 2 rings (SSSR count). The number of hydrogen-bond acceptors (Lipinski definition) is 5. The fraction of sp³-hybridized carbons (Fsp3) is 0.0667. The number of hydrogen-bond donors (Lipinski definition) is 4. The van der Waals surface area contributed by atoms with Crippen molar-refractivity contribution < 1.29 is 20.1 Å². The predicted octanol–water partition coefficient (Wildman–Crippen LogP) is 1.96. The molecule has 1 amide bonds. The van der Waals surface area contributed by atoms with E-state index in [2.05, 4.69) is 10.5 Å². The van der Waals surface area contributed by atoms with Crippen molar-refractivity contribution in [1.29, 1.82) is 0 Å². The van der Waals surface area contributed by atoms with Crippen molar-refractivity contribution in [3.05, 3.63) is 53.6 Å². The molecule has 0 aliphatic rings. The highest BCUT2D eigenvalue weighted by Crippen LogP contribution is 2.23. The first kappa shape index (κ1) is 14.4. The Labute approximate surface area is 121 Å². The molecule has 4 N–H and O–H groups in total. The number of amides is 1. The summed E-state index contributed by atoms with van der Waals surface area (Å²) in [7, 11) is 0. The van der Waals surface area contributed by atoms with Gasteiger partial charge in [0.1, 0.15) is 17.2 Å². The topological polar surface area (TPSA) is 102 Å². The van der Waals surface area contributed by atoms with Crippen LogP contribution in [0.25, 0.3) is 0 Å². The van der Waals surface area contributed by atoms with Crippen molar-refractivity contribution in [1.82, 2.24) is 5.43 Å². The number of carbonyl (C=O) groups excluding carboxylic acids is 1. The minimum Gasteiger partial charge on any atom is -0.508 e. The highest BCUT2D eigenvalue weighted by Gasteiger charge is 2.10. The molecule has 0 unspecified atom stereocenters. The monoisotopic (exact) mass is 286 g/mol. The highest BCUT2D eigenvalue weighted by atomic mass is 16.3. The molecule has 0 spiro atoms. The van der Waals surface area contributed by atoms with Crippen molar-refractivity contribution in [2.75, 3.05) is 0 Å². The third-order valence-electron chi connectivity index (χ3n) is 2.84. The molecule has 0 fully saturated rings. The molecular formula is C15H14N2O4. The fourth-order valence-corrected chi connectivity index (χ4v) is 1.75. The van der Waals surface area contributed by atoms with E-state index in [9.17, 15) is 20.1 Å². The van der Waals surface area contributed by atoms with Gasteiger partial charge in [0.15, 0.2) is 0 Å². The van der Waals surface area contributed by atoms with Crippen LogP contribution in [-0.2, 0) is 0 Å². The standard InChI is InChI=1S/C15H14N2O4/c1-9(11-7-6-10(18)8-14(11)20)16-17-15(21)12-4-2-3-5-13(12)19/h2-8,18-20H,1H3,(H,17,21)/b16-9+. The van der Waals surface area contributed by atoms with E-state index in [0.717, 1.165) is 0 Å². The van der Waals surface area contributed by atoms with Gasteiger partial charge in [-0.25, -0.2) is 5.43 Å². The average molecular weight is 286 g/mol. The molecule has 0 aromatic heterocycles. The minimum atomic E-state index is -0.564. The first-order chi connectivity index (χ1) is 9.99. The van der Waals surface area contributed by atoms with Gasteiger partial charge in [0, 0.05) is 11.6 Å². The Bertz CT molecular complexity index is 711. The average Bonchev–Trinajstić information content (AvgIpc) is 2.45. The molecule has 0 saturated heterocycles. The third-order valence-corrected chi connectivity index (χ3v) is 2.84. The van der Waals surface area contributed by atoms with Crippen LogP contribution >= 0.6 is 0 Å². The first-order valence-electron chi connectivity index (χ1n) is 6.14. The van der Waals surface area contributed by atoms with Crippen LogP contribution in [0.5, 0.6) is 17.2 Å². The zero-order chi connectivity index (χ0) is 15.4. The Morgan fingerprint density at radius 2 is 1.71 bits per heavy atom. The number of hydrazone groups is 1. The zero-order valence-electron chi connectivity index (χ0n) is 11.2. The largest absolute Gasteiger partial charge is 0.508 e. The molecule has 0 radical (unpaired) electrons. The summed E-state index contributed by atoms with van der Waals surface area (Å²) < 4.78 is 0. The second kappa shape index (κ2) is 5.96. The first-order valence-corrected chi connectivity index (χ1v) is 6.14. The quantitative estimate of drug-likeness (QED) is 0.511. The van der Waals surface area contributed by atoms with Crippen LogP contribution < -0.4 is 5.43 Å². The highest BCUT2D eigenvalue weighted by molar-refractivity contribution is 6.03. The van der Waals surface area contributed by atoms with Gasteiger partial charge in [-0.1, -0.05) is 12.1 Å². The number of nitrogens with zero attached hydrogens (tertiary/aromatic N) is 1. The maximum atomic E-state index is 11.9. The van der Waals surface area contributed by atoms with Crippen molar-refractivity contribution in [3.63, 3.8) is 0 Å². The van der Waals surface area contributed by atoms with Crippen molar-refractivity contribution >= 4 is 11.6 Å². The summed E-state index contributed by atoms with van der Waals surface area (Å²) in [5.74, 6) is -0.920. The summed E-state index contributed by atoms with van der Waals surface area (Å²) in [5, 5.41) is 32.3. The molecule has 21 heavy (non-hydrogen) atoms. The molecule has 0 bridgehead atoms. The van der Waals surface area contributed by atoms with E-state index in [1.165, 1.54) is 30.3 Å². The maximum absolute atomic E-state index is 11.9. The van der Waals surface area contributed by atoms with Gasteiger partial charge in [-0.3, -0.25) is 4.79 Å². The molecule has 2 aromatic carbocycles. The van der Waals surface area contributed by atoms with E-state index in [1.807, 2.05) is 0 Å². The Morgan fingerprint density at radius 3 is 2.38 bits per heavy atom. The Hall–Kier alpha value is -3.02. The van der Waals surface area contributed by atoms with Crippen molar-refractivity contribution in [2.24, 2.45) is 5.10 Å². The number of phenols is 3. The van der Waals surface area contributed by atoms with Crippen LogP contribution in [0.4, 0.5) is 0 Å². The Kier molecular flexibility index (Phi) is 4.08. The summed E-state index contributed by atoms with van der Waals surface area (Å²) in [6.45, 7) is 1.59. The number of rotatable bonds is 3. The SMILES string of the molecule is C/C(=N\NC(=O)c1ccccc1O)c1ccc(O)cc1O. The number of benzene rings is 2. The van der Waals surface area contributed by atoms with Gasteiger partial charge in [0.05, 0.1) is 11.3 Å². The van der Waals surface area contributed by atoms with Gasteiger partial charge in [-0.15, -0.1) is 0 Å². The Balaban J connectivity index is 2.17.